The van der Waals surface area contributed by atoms with Crippen molar-refractivity contribution in [2.45, 2.75) is 31.5 Å². The van der Waals surface area contributed by atoms with E-state index < -0.39 is 35.3 Å². The summed E-state index contributed by atoms with van der Waals surface area (Å²) in [5.41, 5.74) is 6.31. The Morgan fingerprint density at radius 2 is 1.96 bits per heavy atom. The standard InChI is InChI=1S/C18H16F2N4O2/c1-9-14(21)18(26)24-13(8-10-4-3-7-23(9)17(10)24)16(25)22-15-11(19)5-2-6-12(15)20/h2-7,9,13-14H,8,21H2,1H3/p+1/t9?,13-,14-/m0/s1. The minimum Gasteiger partial charge on any atom is -0.317 e. The zero-order chi connectivity index (χ0) is 18.6. The molecule has 2 amide bonds. The van der Waals surface area contributed by atoms with Crippen molar-refractivity contribution in [2.75, 3.05) is 10.2 Å². The topological polar surface area (TPSA) is 79.3 Å². The third-order valence-electron chi connectivity index (χ3n) is 5.02. The molecule has 1 aromatic heterocycles. The molecule has 0 fully saturated rings. The molecule has 3 heterocycles. The predicted octanol–water partition coefficient (Wildman–Crippen LogP) is 1.05. The van der Waals surface area contributed by atoms with Gasteiger partial charge >= 0.3 is 5.91 Å². The number of aromatic nitrogens is 1. The first kappa shape index (κ1) is 16.6. The van der Waals surface area contributed by atoms with Crippen molar-refractivity contribution in [1.29, 1.82) is 0 Å². The monoisotopic (exact) mass is 359 g/mol. The largest absolute Gasteiger partial charge is 0.331 e. The van der Waals surface area contributed by atoms with Gasteiger partial charge in [-0.3, -0.25) is 4.79 Å². The van der Waals surface area contributed by atoms with Crippen LogP contribution in [0.15, 0.2) is 36.5 Å². The fourth-order valence-corrected chi connectivity index (χ4v) is 3.61. The molecule has 3 atom stereocenters. The van der Waals surface area contributed by atoms with Crippen molar-refractivity contribution >= 4 is 23.3 Å². The summed E-state index contributed by atoms with van der Waals surface area (Å²) < 4.78 is 29.6. The number of amides is 2. The van der Waals surface area contributed by atoms with Gasteiger partial charge in [0.05, 0.1) is 6.20 Å². The number of para-hydroxylation sites is 1. The van der Waals surface area contributed by atoms with Crippen molar-refractivity contribution in [1.82, 2.24) is 0 Å². The lowest BCUT2D eigenvalue weighted by Crippen LogP contribution is -2.65. The molecule has 0 bridgehead atoms. The van der Waals surface area contributed by atoms with Crippen molar-refractivity contribution in [3.05, 3.63) is 53.7 Å². The quantitative estimate of drug-likeness (QED) is 0.787. The van der Waals surface area contributed by atoms with E-state index in [0.29, 0.717) is 5.82 Å². The Kier molecular flexibility index (Phi) is 3.73. The van der Waals surface area contributed by atoms with E-state index in [0.717, 1.165) is 17.7 Å². The summed E-state index contributed by atoms with van der Waals surface area (Å²) in [6.45, 7) is 1.84. The number of nitrogens with two attached hydrogens (primary N) is 1. The van der Waals surface area contributed by atoms with E-state index in [1.807, 2.05) is 23.6 Å². The van der Waals surface area contributed by atoms with Crippen LogP contribution in [0, 0.1) is 11.6 Å². The fourth-order valence-electron chi connectivity index (χ4n) is 3.61. The highest BCUT2D eigenvalue weighted by atomic mass is 19.1. The third-order valence-corrected chi connectivity index (χ3v) is 5.02. The molecule has 0 aliphatic carbocycles. The molecule has 1 unspecified atom stereocenters. The average molecular weight is 359 g/mol. The van der Waals surface area contributed by atoms with Crippen LogP contribution < -0.4 is 20.5 Å². The van der Waals surface area contributed by atoms with Crippen LogP contribution in [0.2, 0.25) is 0 Å². The van der Waals surface area contributed by atoms with Crippen LogP contribution in [0.1, 0.15) is 18.5 Å². The molecule has 2 aromatic rings. The molecule has 2 aliphatic heterocycles. The molecular formula is C18H17F2N4O2+. The number of halogens is 2. The van der Waals surface area contributed by atoms with Crippen LogP contribution in [0.3, 0.4) is 0 Å². The van der Waals surface area contributed by atoms with Crippen LogP contribution in [0.25, 0.3) is 0 Å². The van der Waals surface area contributed by atoms with Gasteiger partial charge in [-0.05, 0) is 31.2 Å². The number of anilines is 2. The van der Waals surface area contributed by atoms with E-state index in [4.69, 9.17) is 5.73 Å². The number of carbonyl (C=O) groups is 2. The summed E-state index contributed by atoms with van der Waals surface area (Å²) in [7, 11) is 0. The van der Waals surface area contributed by atoms with Gasteiger partial charge < -0.3 is 11.1 Å². The molecule has 3 N–H and O–H groups in total. The Morgan fingerprint density at radius 3 is 2.65 bits per heavy atom. The first-order chi connectivity index (χ1) is 12.4. The molecule has 8 heteroatoms. The molecule has 26 heavy (non-hydrogen) atoms. The summed E-state index contributed by atoms with van der Waals surface area (Å²) in [4.78, 5) is 26.8. The molecule has 134 valence electrons. The first-order valence-electron chi connectivity index (χ1n) is 8.26. The van der Waals surface area contributed by atoms with Crippen LogP contribution in [0.4, 0.5) is 20.3 Å². The predicted molar refractivity (Wildman–Crippen MR) is 89.3 cm³/mol. The smallest absolute Gasteiger partial charge is 0.317 e. The normalized spacial score (nSPS) is 23.8. The maximum absolute atomic E-state index is 13.8. The number of carbonyl (C=O) groups excluding carboxylic acids is 2. The maximum Gasteiger partial charge on any atom is 0.331 e. The van der Waals surface area contributed by atoms with Gasteiger partial charge in [0.15, 0.2) is 6.04 Å². The molecule has 2 aliphatic rings. The number of pyridine rings is 1. The summed E-state index contributed by atoms with van der Waals surface area (Å²) >= 11 is 0. The minimum atomic E-state index is -0.913. The zero-order valence-corrected chi connectivity index (χ0v) is 13.9. The van der Waals surface area contributed by atoms with Gasteiger partial charge in [-0.15, -0.1) is 0 Å². The number of benzene rings is 1. The zero-order valence-electron chi connectivity index (χ0n) is 13.9. The number of rotatable bonds is 2. The van der Waals surface area contributed by atoms with E-state index >= 15 is 0 Å². The van der Waals surface area contributed by atoms with Crippen LogP contribution >= 0.6 is 0 Å². The van der Waals surface area contributed by atoms with Crippen molar-refractivity contribution in [3.8, 4) is 0 Å². The summed E-state index contributed by atoms with van der Waals surface area (Å²) in [6, 6.07) is 5.01. The highest BCUT2D eigenvalue weighted by Gasteiger charge is 2.54. The van der Waals surface area contributed by atoms with Crippen LogP contribution in [-0.4, -0.2) is 23.9 Å². The number of hydrogen-bond acceptors (Lipinski definition) is 3. The van der Waals surface area contributed by atoms with Crippen LogP contribution in [0.5, 0.6) is 0 Å². The van der Waals surface area contributed by atoms with Gasteiger partial charge in [0.25, 0.3) is 11.7 Å². The van der Waals surface area contributed by atoms with Crippen molar-refractivity contribution < 1.29 is 22.9 Å². The highest BCUT2D eigenvalue weighted by Crippen LogP contribution is 2.34. The first-order valence-corrected chi connectivity index (χ1v) is 8.26. The lowest BCUT2D eigenvalue weighted by atomic mass is 10.1. The maximum atomic E-state index is 13.8. The van der Waals surface area contributed by atoms with Gasteiger partial charge in [0.1, 0.15) is 29.4 Å². The Bertz CT molecular complexity index is 913. The average Bonchev–Trinajstić information content (AvgIpc) is 3.01. The van der Waals surface area contributed by atoms with Crippen LogP contribution in [-0.2, 0) is 16.0 Å². The molecule has 1 aromatic carbocycles. The number of nitrogens with zero attached hydrogens (tertiary/aromatic N) is 2. The third kappa shape index (κ3) is 2.29. The second-order valence-corrected chi connectivity index (χ2v) is 6.54. The van der Waals surface area contributed by atoms with E-state index in [-0.39, 0.29) is 18.4 Å². The van der Waals surface area contributed by atoms with E-state index in [1.54, 1.807) is 6.20 Å². The molecule has 6 nitrogen and oxygen atoms in total. The van der Waals surface area contributed by atoms with Gasteiger partial charge in [0.2, 0.25) is 0 Å². The lowest BCUT2D eigenvalue weighted by Gasteiger charge is -2.30. The summed E-state index contributed by atoms with van der Waals surface area (Å²) in [6.07, 6.45) is 2.06. The Morgan fingerprint density at radius 1 is 1.27 bits per heavy atom. The lowest BCUT2D eigenvalue weighted by molar-refractivity contribution is -0.710. The van der Waals surface area contributed by atoms with Gasteiger partial charge in [-0.2, -0.15) is 4.90 Å². The number of nitrogens with one attached hydrogen (secondary N) is 1. The number of hydrogen-bond donors (Lipinski definition) is 2. The Balaban J connectivity index is 1.71. The molecule has 0 radical (unpaired) electrons. The minimum absolute atomic E-state index is 0.250. The summed E-state index contributed by atoms with van der Waals surface area (Å²) in [5, 5.41) is 2.28. The van der Waals surface area contributed by atoms with E-state index in [9.17, 15) is 18.4 Å². The SMILES string of the molecule is CC1[C@H](N)C(=O)N2c3c(ccc[n+]31)C[C@H]2C(=O)Nc1c(F)cccc1F. The van der Waals surface area contributed by atoms with Crippen molar-refractivity contribution in [3.63, 3.8) is 0 Å². The Labute approximate surface area is 148 Å². The van der Waals surface area contributed by atoms with E-state index in [1.165, 1.54) is 11.0 Å². The second kappa shape index (κ2) is 5.84. The van der Waals surface area contributed by atoms with Gasteiger partial charge in [-0.25, -0.2) is 18.1 Å². The second-order valence-electron chi connectivity index (χ2n) is 6.54. The molecular weight excluding hydrogens is 342 g/mol. The molecule has 0 saturated heterocycles. The summed E-state index contributed by atoms with van der Waals surface area (Å²) in [5.74, 6) is -2.18. The highest BCUT2D eigenvalue weighted by molar-refractivity contribution is 6.08. The van der Waals surface area contributed by atoms with E-state index in [2.05, 4.69) is 5.32 Å². The van der Waals surface area contributed by atoms with Gasteiger partial charge in [0, 0.05) is 12.0 Å². The molecule has 0 saturated carbocycles. The fraction of sp³-hybridized carbons (Fsp3) is 0.278. The Hall–Kier alpha value is -2.87. The van der Waals surface area contributed by atoms with Gasteiger partial charge in [-0.1, -0.05) is 6.07 Å². The molecule has 0 spiro atoms. The van der Waals surface area contributed by atoms with Crippen molar-refractivity contribution in [2.24, 2.45) is 5.73 Å². The molecule has 4 rings (SSSR count).